The van der Waals surface area contributed by atoms with Crippen molar-refractivity contribution in [1.29, 1.82) is 0 Å². The second-order valence-corrected chi connectivity index (χ2v) is 6.12. The number of hydrogen-bond donors (Lipinski definition) is 0. The molecule has 1 heterocycles. The monoisotopic (exact) mass is 320 g/mol. The van der Waals surface area contributed by atoms with Crippen molar-refractivity contribution < 1.29 is 19.2 Å². The predicted octanol–water partition coefficient (Wildman–Crippen LogP) is 2.26. The Morgan fingerprint density at radius 3 is 2.30 bits per heavy atom. The summed E-state index contributed by atoms with van der Waals surface area (Å²) >= 11 is 0. The summed E-state index contributed by atoms with van der Waals surface area (Å²) in [5.41, 5.74) is 0.0812. The van der Waals surface area contributed by atoms with Gasteiger partial charge in [0, 0.05) is 25.2 Å². The van der Waals surface area contributed by atoms with Crippen LogP contribution < -0.4 is 0 Å². The van der Waals surface area contributed by atoms with Gasteiger partial charge in [0.15, 0.2) is 6.61 Å². The van der Waals surface area contributed by atoms with E-state index in [0.29, 0.717) is 24.9 Å². The van der Waals surface area contributed by atoms with Crippen LogP contribution in [0.25, 0.3) is 0 Å². The Morgan fingerprint density at radius 2 is 1.78 bits per heavy atom. The van der Waals surface area contributed by atoms with Gasteiger partial charge < -0.3 is 9.64 Å². The Balaban J connectivity index is 1.88. The molecule has 1 aliphatic rings. The van der Waals surface area contributed by atoms with Crippen LogP contribution in [0.5, 0.6) is 0 Å². The van der Waals surface area contributed by atoms with Gasteiger partial charge >= 0.3 is 5.97 Å². The number of ether oxygens (including phenoxy) is 1. The zero-order chi connectivity index (χ0) is 17.0. The van der Waals surface area contributed by atoms with Crippen LogP contribution in [-0.2, 0) is 9.53 Å². The van der Waals surface area contributed by atoms with Gasteiger partial charge in [-0.2, -0.15) is 0 Å². The van der Waals surface area contributed by atoms with Gasteiger partial charge in [0.1, 0.15) is 0 Å². The van der Waals surface area contributed by atoms with Crippen LogP contribution in [0.3, 0.4) is 0 Å². The van der Waals surface area contributed by atoms with Crippen LogP contribution in [-0.4, -0.2) is 41.4 Å². The highest BCUT2D eigenvalue weighted by Crippen LogP contribution is 2.21. The number of carbonyl (C=O) groups excluding carboxylic acids is 2. The number of esters is 1. The first-order chi connectivity index (χ1) is 10.9. The summed E-state index contributed by atoms with van der Waals surface area (Å²) in [6, 6.07) is 5.09. The van der Waals surface area contributed by atoms with Gasteiger partial charge in [0.2, 0.25) is 0 Å². The number of nitrogens with zero attached hydrogens (tertiary/aromatic N) is 2. The molecule has 0 bridgehead atoms. The van der Waals surface area contributed by atoms with Crippen molar-refractivity contribution in [2.45, 2.75) is 20.3 Å². The fourth-order valence-electron chi connectivity index (χ4n) is 2.89. The second-order valence-electron chi connectivity index (χ2n) is 6.12. The molecule has 1 fully saturated rings. The van der Waals surface area contributed by atoms with Gasteiger partial charge in [0.05, 0.1) is 10.5 Å². The topological polar surface area (TPSA) is 89.8 Å². The van der Waals surface area contributed by atoms with Gasteiger partial charge in [-0.15, -0.1) is 0 Å². The summed E-state index contributed by atoms with van der Waals surface area (Å²) < 4.78 is 5.01. The zero-order valence-electron chi connectivity index (χ0n) is 13.2. The number of likely N-dealkylation sites (tertiary alicyclic amines) is 1. The molecule has 23 heavy (non-hydrogen) atoms. The lowest BCUT2D eigenvalue weighted by Crippen LogP contribution is -2.44. The van der Waals surface area contributed by atoms with E-state index >= 15 is 0 Å². The van der Waals surface area contributed by atoms with E-state index in [2.05, 4.69) is 13.8 Å². The van der Waals surface area contributed by atoms with Gasteiger partial charge in [-0.3, -0.25) is 14.9 Å². The van der Waals surface area contributed by atoms with Crippen molar-refractivity contribution in [3.63, 3.8) is 0 Å². The Kier molecular flexibility index (Phi) is 5.31. The normalized spacial score (nSPS) is 20.9. The fraction of sp³-hybridized carbons (Fsp3) is 0.500. The highest BCUT2D eigenvalue weighted by atomic mass is 16.6. The number of nitro groups is 1. The van der Waals surface area contributed by atoms with Crippen molar-refractivity contribution in [3.05, 3.63) is 39.9 Å². The van der Waals surface area contributed by atoms with Crippen molar-refractivity contribution in [1.82, 2.24) is 4.90 Å². The summed E-state index contributed by atoms with van der Waals surface area (Å²) in [5, 5.41) is 10.6. The van der Waals surface area contributed by atoms with E-state index in [1.54, 1.807) is 4.90 Å². The molecule has 2 rings (SSSR count). The Morgan fingerprint density at radius 1 is 1.22 bits per heavy atom. The standard InChI is InChI=1S/C16H20N2O5/c1-11-7-12(2)9-17(8-11)15(19)10-23-16(20)13-3-5-14(6-4-13)18(21)22/h3-6,11-12H,7-10H2,1-2H3/t11-,12-/m1/s1. The Labute approximate surface area is 134 Å². The highest BCUT2D eigenvalue weighted by molar-refractivity contribution is 5.91. The fourth-order valence-corrected chi connectivity index (χ4v) is 2.89. The van der Waals surface area contributed by atoms with Crippen LogP contribution in [0.2, 0.25) is 0 Å². The predicted molar refractivity (Wildman–Crippen MR) is 82.9 cm³/mol. The molecule has 1 saturated heterocycles. The van der Waals surface area contributed by atoms with Crippen LogP contribution in [0, 0.1) is 22.0 Å². The molecule has 7 nitrogen and oxygen atoms in total. The molecule has 1 aromatic rings. The third-order valence-electron chi connectivity index (χ3n) is 3.86. The lowest BCUT2D eigenvalue weighted by molar-refractivity contribution is -0.384. The number of amides is 1. The molecule has 2 atom stereocenters. The molecule has 0 saturated carbocycles. The third kappa shape index (κ3) is 4.51. The largest absolute Gasteiger partial charge is 0.452 e. The number of benzene rings is 1. The summed E-state index contributed by atoms with van der Waals surface area (Å²) in [4.78, 5) is 35.8. The van der Waals surface area contributed by atoms with E-state index in [1.807, 2.05) is 0 Å². The first-order valence-corrected chi connectivity index (χ1v) is 7.56. The van der Waals surface area contributed by atoms with Crippen molar-refractivity contribution in [2.24, 2.45) is 11.8 Å². The number of nitro benzene ring substituents is 1. The summed E-state index contributed by atoms with van der Waals surface area (Å²) in [6.07, 6.45) is 1.09. The van der Waals surface area contributed by atoms with Gasteiger partial charge in [-0.05, 0) is 30.4 Å². The van der Waals surface area contributed by atoms with E-state index in [9.17, 15) is 19.7 Å². The maximum atomic E-state index is 12.1. The average Bonchev–Trinajstić information content (AvgIpc) is 2.51. The first-order valence-electron chi connectivity index (χ1n) is 7.56. The molecule has 7 heteroatoms. The van der Waals surface area contributed by atoms with Crippen LogP contribution in [0.15, 0.2) is 24.3 Å². The maximum Gasteiger partial charge on any atom is 0.338 e. The lowest BCUT2D eigenvalue weighted by atomic mass is 9.92. The minimum atomic E-state index is -0.661. The lowest BCUT2D eigenvalue weighted by Gasteiger charge is -2.34. The van der Waals surface area contributed by atoms with Crippen LogP contribution >= 0.6 is 0 Å². The molecule has 0 aromatic heterocycles. The molecular weight excluding hydrogens is 300 g/mol. The summed E-state index contributed by atoms with van der Waals surface area (Å²) in [5.74, 6) is 0.00571. The minimum Gasteiger partial charge on any atom is -0.452 e. The molecule has 0 N–H and O–H groups in total. The summed E-state index contributed by atoms with van der Waals surface area (Å²) in [7, 11) is 0. The SMILES string of the molecule is C[C@@H]1C[C@@H](C)CN(C(=O)COC(=O)c2ccc([N+](=O)[O-])cc2)C1. The van der Waals surface area contributed by atoms with Gasteiger partial charge in [-0.1, -0.05) is 13.8 Å². The molecule has 1 amide bonds. The zero-order valence-corrected chi connectivity index (χ0v) is 13.2. The quantitative estimate of drug-likeness (QED) is 0.482. The summed E-state index contributed by atoms with van der Waals surface area (Å²) in [6.45, 7) is 5.24. The smallest absolute Gasteiger partial charge is 0.338 e. The van der Waals surface area contributed by atoms with E-state index in [-0.39, 0.29) is 23.8 Å². The van der Waals surface area contributed by atoms with Gasteiger partial charge in [0.25, 0.3) is 11.6 Å². The van der Waals surface area contributed by atoms with E-state index < -0.39 is 10.9 Å². The van der Waals surface area contributed by atoms with E-state index in [0.717, 1.165) is 6.42 Å². The highest BCUT2D eigenvalue weighted by Gasteiger charge is 2.26. The third-order valence-corrected chi connectivity index (χ3v) is 3.86. The van der Waals surface area contributed by atoms with Crippen LogP contribution in [0.1, 0.15) is 30.6 Å². The van der Waals surface area contributed by atoms with Crippen LogP contribution in [0.4, 0.5) is 5.69 Å². The van der Waals surface area contributed by atoms with Crippen molar-refractivity contribution in [3.8, 4) is 0 Å². The number of hydrogen-bond acceptors (Lipinski definition) is 5. The minimum absolute atomic E-state index is 0.103. The molecule has 0 aliphatic carbocycles. The molecular formula is C16H20N2O5. The van der Waals surface area contributed by atoms with Gasteiger partial charge in [-0.25, -0.2) is 4.79 Å². The molecule has 0 spiro atoms. The first kappa shape index (κ1) is 16.9. The van der Waals surface area contributed by atoms with Crippen molar-refractivity contribution in [2.75, 3.05) is 19.7 Å². The number of non-ortho nitro benzene ring substituents is 1. The number of carbonyl (C=O) groups is 2. The molecule has 1 aromatic carbocycles. The van der Waals surface area contributed by atoms with Crippen molar-refractivity contribution >= 4 is 17.6 Å². The molecule has 124 valence electrons. The molecule has 0 radical (unpaired) electrons. The van der Waals surface area contributed by atoms with E-state index in [4.69, 9.17) is 4.74 Å². The Bertz CT molecular complexity index is 589. The number of rotatable bonds is 4. The molecule has 0 unspecified atom stereocenters. The number of piperidine rings is 1. The maximum absolute atomic E-state index is 12.1. The average molecular weight is 320 g/mol. The second kappa shape index (κ2) is 7.21. The Hall–Kier alpha value is -2.44. The molecule has 1 aliphatic heterocycles. The van der Waals surface area contributed by atoms with E-state index in [1.165, 1.54) is 24.3 Å².